The van der Waals surface area contributed by atoms with Crippen LogP contribution in [0.2, 0.25) is 0 Å². The molecule has 4 aromatic carbocycles. The number of cyclic esters (lactones) is 2. The number of halogens is 2. The maximum Gasteiger partial charge on any atom is 0.350 e. The number of benzene rings is 4. The molecule has 12 rings (SSSR count). The molecule has 35 nitrogen and oxygen atoms in total. The zero-order valence-electron chi connectivity index (χ0n) is 55.4. The highest BCUT2D eigenvalue weighted by atomic mass is 35.5. The first-order valence-electron chi connectivity index (χ1n) is 30.7. The van der Waals surface area contributed by atoms with E-state index in [4.69, 9.17) is 46.5 Å². The maximum atomic E-state index is 12.9. The second-order valence-corrected chi connectivity index (χ2v) is 24.9. The first kappa shape index (κ1) is 80.1. The number of esters is 4. The third-order valence-corrected chi connectivity index (χ3v) is 15.1. The SMILES string of the molecule is CC(C)(C)OC(=O)CCl.CC(C)(C)OC(=O)COc1cccc2c1C(=O)N(C1CCC(=O)NC1=O)C2=O.Cl.NC1CCC(=O)NC1=O.O=C(O)COc1cccc2c1C(=O)N(C1CCC(=O)NC1=O)C2=O.O=C1CCC(N2C(=O)c3cccc(O)c3C2=O)C(=O)N1.O=C1OC(=O)c2c(O)cccc21. The van der Waals surface area contributed by atoms with Gasteiger partial charge in [-0.25, -0.2) is 19.2 Å². The lowest BCUT2D eigenvalue weighted by atomic mass is 10.0. The summed E-state index contributed by atoms with van der Waals surface area (Å²) in [5, 5.41) is 36.0. The average molecular weight is 1470 g/mol. The number of hydrogen-bond acceptors (Lipinski definition) is 27. The minimum absolute atomic E-state index is 0. The van der Waals surface area contributed by atoms with Gasteiger partial charge < -0.3 is 44.7 Å². The van der Waals surface area contributed by atoms with Crippen molar-refractivity contribution < 1.29 is 130 Å². The first-order chi connectivity index (χ1) is 47.8. The van der Waals surface area contributed by atoms with Gasteiger partial charge in [-0.15, -0.1) is 24.0 Å². The molecule has 37 heteroatoms. The summed E-state index contributed by atoms with van der Waals surface area (Å²) in [6, 6.07) is 13.4. The molecule has 8 aliphatic heterocycles. The number of phenols is 2. The monoisotopic (exact) mass is 1470 g/mol. The lowest BCUT2D eigenvalue weighted by Crippen LogP contribution is -2.54. The number of rotatable bonds is 10. The van der Waals surface area contributed by atoms with Gasteiger partial charge in [0.05, 0.1) is 45.0 Å². The van der Waals surface area contributed by atoms with Crippen molar-refractivity contribution in [3.05, 3.63) is 117 Å². The van der Waals surface area contributed by atoms with Crippen LogP contribution in [0, 0.1) is 0 Å². The lowest BCUT2D eigenvalue weighted by molar-refractivity contribution is -0.157. The molecule has 0 spiro atoms. The van der Waals surface area contributed by atoms with E-state index >= 15 is 0 Å². The third-order valence-electron chi connectivity index (χ3n) is 14.9. The lowest BCUT2D eigenvalue weighted by Gasteiger charge is -2.27. The number of nitrogens with zero attached hydrogens (tertiary/aromatic N) is 3. The Bertz CT molecular complexity index is 4250. The summed E-state index contributed by atoms with van der Waals surface area (Å²) in [7, 11) is 0. The van der Waals surface area contributed by atoms with Crippen molar-refractivity contribution in [2.45, 2.75) is 128 Å². The summed E-state index contributed by atoms with van der Waals surface area (Å²) in [6.45, 7) is 9.44. The van der Waals surface area contributed by atoms with E-state index in [0.29, 0.717) is 12.8 Å². The summed E-state index contributed by atoms with van der Waals surface area (Å²) in [5.74, 6) is -12.4. The van der Waals surface area contributed by atoms with Crippen molar-refractivity contribution in [3.63, 3.8) is 0 Å². The van der Waals surface area contributed by atoms with Gasteiger partial charge in [0, 0.05) is 25.7 Å². The van der Waals surface area contributed by atoms with Crippen LogP contribution in [0.5, 0.6) is 23.0 Å². The van der Waals surface area contributed by atoms with E-state index in [1.165, 1.54) is 72.8 Å². The molecule has 103 heavy (non-hydrogen) atoms. The normalized spacial score (nSPS) is 19.3. The molecule has 14 amide bonds. The van der Waals surface area contributed by atoms with Crippen molar-refractivity contribution in [2.75, 3.05) is 19.1 Å². The fourth-order valence-electron chi connectivity index (χ4n) is 10.5. The number of hydrogen-bond donors (Lipinski definition) is 8. The van der Waals surface area contributed by atoms with Crippen molar-refractivity contribution >= 4 is 137 Å². The fourth-order valence-corrected chi connectivity index (χ4v) is 10.6. The number of aromatic hydroxyl groups is 2. The summed E-state index contributed by atoms with van der Waals surface area (Å²) < 4.78 is 24.7. The molecular weight excluding hydrogens is 1410 g/mol. The second kappa shape index (κ2) is 33.5. The molecule has 4 fully saturated rings. The molecule has 4 unspecified atom stereocenters. The minimum atomic E-state index is -1.23. The highest BCUT2D eigenvalue weighted by Gasteiger charge is 2.49. The van der Waals surface area contributed by atoms with Crippen LogP contribution in [0.4, 0.5) is 0 Å². The Labute approximate surface area is 593 Å². The number of nitrogens with two attached hydrogens (primary N) is 1. The third kappa shape index (κ3) is 19.4. The van der Waals surface area contributed by atoms with Crippen molar-refractivity contribution in [2.24, 2.45) is 5.73 Å². The molecule has 0 saturated carbocycles. The molecule has 0 aromatic heterocycles. The van der Waals surface area contributed by atoms with Crippen LogP contribution in [-0.2, 0) is 67.0 Å². The van der Waals surface area contributed by atoms with Gasteiger partial charge in [-0.3, -0.25) is 108 Å². The highest BCUT2D eigenvalue weighted by Crippen LogP contribution is 2.37. The number of imide groups is 7. The number of nitrogens with one attached hydrogen (secondary N) is 4. The smallest absolute Gasteiger partial charge is 0.350 e. The van der Waals surface area contributed by atoms with Gasteiger partial charge in [-0.05, 0) is 116 Å². The maximum absolute atomic E-state index is 12.9. The van der Waals surface area contributed by atoms with E-state index in [0.717, 1.165) is 14.7 Å². The molecule has 0 aliphatic carbocycles. The Balaban J connectivity index is 0.000000203. The number of alkyl halides is 1. The molecule has 9 N–H and O–H groups in total. The van der Waals surface area contributed by atoms with Gasteiger partial charge >= 0.3 is 29.8 Å². The summed E-state index contributed by atoms with van der Waals surface area (Å²) in [6.07, 6.45) is 1.16. The van der Waals surface area contributed by atoms with Gasteiger partial charge in [0.2, 0.25) is 47.3 Å². The standard InChI is InChI=1S/C19H20N2O7.C15H12N2O7.C13H10N2O5.C8H4O4.C6H11ClO2.C5H8N2O2.ClH/c1-19(2,3)28-14(23)9-27-12-6-4-5-10-15(12)18(26)21(17(10)25)11-7-8-13(22)20-16(11)24;18-10-5-4-8(13(21)16-10)17-14(22)7-2-1-3-9(12(7)15(17)23)24-6-11(19)20;16-8-3-1-2-6-10(8)13(20)15(12(6)19)7-4-5-9(17)14-11(7)18;9-5-3-1-2-4-6(5)8(11)12-7(4)10;1-6(2,3)9-5(8)4-7;6-3-1-2-4(8)7-5(3)9;/h4-6,11H,7-9H2,1-3H3,(H,20,22,24);1-3,8H,4-6H2,(H,19,20)(H,16,18,21);1-3,7,16H,4-5H2,(H,14,17,18);1-3,9H;4H2,1-3H3;3H,1-2,6H2,(H,7,8,9);1H. The largest absolute Gasteiger partial charge is 0.507 e. The summed E-state index contributed by atoms with van der Waals surface area (Å²) in [5.41, 5.74) is 4.26. The zero-order valence-corrected chi connectivity index (χ0v) is 56.9. The minimum Gasteiger partial charge on any atom is -0.507 e. The molecule has 4 aromatic rings. The summed E-state index contributed by atoms with van der Waals surface area (Å²) >= 11 is 5.18. The van der Waals surface area contributed by atoms with Gasteiger partial charge in [0.25, 0.3) is 35.4 Å². The molecule has 0 radical (unpaired) electrons. The van der Waals surface area contributed by atoms with Crippen LogP contribution in [-0.4, -0.2) is 197 Å². The Kier molecular flexibility index (Phi) is 26.1. The van der Waals surface area contributed by atoms with Crippen LogP contribution >= 0.6 is 24.0 Å². The van der Waals surface area contributed by atoms with E-state index < -0.39 is 143 Å². The van der Waals surface area contributed by atoms with Crippen LogP contribution in [0.15, 0.2) is 72.8 Å². The van der Waals surface area contributed by atoms with Gasteiger partial charge in [-0.1, -0.05) is 24.3 Å². The van der Waals surface area contributed by atoms with Gasteiger partial charge in [0.15, 0.2) is 13.2 Å². The Morgan fingerprint density at radius 2 is 0.806 bits per heavy atom. The molecule has 0 bridgehead atoms. The number of carboxylic acids is 1. The number of carbonyl (C=O) groups excluding carboxylic acids is 18. The average Bonchev–Trinajstić information content (AvgIpc) is 1.62. The first-order valence-corrected chi connectivity index (χ1v) is 31.2. The van der Waals surface area contributed by atoms with Gasteiger partial charge in [-0.2, -0.15) is 0 Å². The fraction of sp³-hybridized carbons (Fsp3) is 0.348. The van der Waals surface area contributed by atoms with Crippen molar-refractivity contribution in [1.82, 2.24) is 36.0 Å². The number of piperidine rings is 4. The predicted molar refractivity (Wildman–Crippen MR) is 348 cm³/mol. The van der Waals surface area contributed by atoms with Crippen LogP contribution in [0.1, 0.15) is 176 Å². The van der Waals surface area contributed by atoms with Crippen LogP contribution < -0.4 is 36.5 Å². The van der Waals surface area contributed by atoms with E-state index in [2.05, 4.69) is 26.0 Å². The molecule has 8 heterocycles. The Morgan fingerprint density at radius 3 is 1.15 bits per heavy atom. The van der Waals surface area contributed by atoms with E-state index in [9.17, 15) is 96.2 Å². The zero-order chi connectivity index (χ0) is 75.6. The number of phenolic OH excluding ortho intramolecular Hbond substituents is 2. The second-order valence-electron chi connectivity index (χ2n) is 24.6. The van der Waals surface area contributed by atoms with Crippen molar-refractivity contribution in [1.29, 1.82) is 0 Å². The predicted octanol–water partition coefficient (Wildman–Crippen LogP) is 1.59. The highest BCUT2D eigenvalue weighted by molar-refractivity contribution is 6.27. The summed E-state index contributed by atoms with van der Waals surface area (Å²) in [4.78, 5) is 223. The number of amides is 14. The van der Waals surface area contributed by atoms with Gasteiger partial charge in [0.1, 0.15) is 63.8 Å². The molecule has 4 atom stereocenters. The Hall–Kier alpha value is -11.9. The number of aliphatic carboxylic acids is 1. The quantitative estimate of drug-likeness (QED) is 0.0367. The van der Waals surface area contributed by atoms with Crippen LogP contribution in [0.25, 0.3) is 0 Å². The Morgan fingerprint density at radius 1 is 0.466 bits per heavy atom. The number of fused-ring (bicyclic) bond motifs is 4. The number of carbonyl (C=O) groups is 19. The van der Waals surface area contributed by atoms with Crippen LogP contribution in [0.3, 0.4) is 0 Å². The molecule has 8 aliphatic rings. The topological polar surface area (TPSA) is 515 Å². The van der Waals surface area contributed by atoms with E-state index in [-0.39, 0.29) is 142 Å². The number of carboxylic acid groups (broad SMARTS) is 1. The van der Waals surface area contributed by atoms with E-state index in [1.807, 2.05) is 0 Å². The molecular formula is C66H66Cl2N8O27. The van der Waals surface area contributed by atoms with Crippen molar-refractivity contribution in [3.8, 4) is 23.0 Å². The van der Waals surface area contributed by atoms with E-state index in [1.54, 1.807) is 41.5 Å². The molecule has 4 saturated heterocycles. The number of ether oxygens (including phenoxy) is 5. The molecule has 546 valence electrons.